The Morgan fingerprint density at radius 1 is 1.29 bits per heavy atom. The zero-order valence-corrected chi connectivity index (χ0v) is 19.2. The first-order valence-electron chi connectivity index (χ1n) is 10.8. The maximum Gasteiger partial charge on any atom is 0.491 e. The number of halogens is 3. The minimum Gasteiger partial charge on any atom is -0.507 e. The number of benzene rings is 1. The zero-order chi connectivity index (χ0) is 24.7. The molecule has 0 radical (unpaired) electrons. The second kappa shape index (κ2) is 9.00. The maximum atomic E-state index is 12.9. The van der Waals surface area contributed by atoms with Crippen molar-refractivity contribution in [3.05, 3.63) is 23.3 Å². The summed E-state index contributed by atoms with van der Waals surface area (Å²) in [6.07, 6.45) is -1.59. The fourth-order valence-corrected chi connectivity index (χ4v) is 4.44. The lowest BCUT2D eigenvalue weighted by atomic mass is 10.1. The quantitative estimate of drug-likeness (QED) is 0.393. The number of hydrogen-bond donors (Lipinski definition) is 2. The average molecular weight is 507 g/mol. The lowest BCUT2D eigenvalue weighted by Gasteiger charge is -2.33. The van der Waals surface area contributed by atoms with E-state index in [2.05, 4.69) is 34.6 Å². The highest BCUT2D eigenvalue weighted by molar-refractivity contribution is 7.05. The molecular formula is C21H20F3N7O3S. The van der Waals surface area contributed by atoms with Crippen LogP contribution in [-0.4, -0.2) is 67.5 Å². The summed E-state index contributed by atoms with van der Waals surface area (Å²) in [4.78, 5) is 22.1. The molecule has 0 amide bonds. The van der Waals surface area contributed by atoms with Gasteiger partial charge in [0.2, 0.25) is 5.95 Å². The van der Waals surface area contributed by atoms with Crippen molar-refractivity contribution in [3.8, 4) is 34.1 Å². The van der Waals surface area contributed by atoms with Crippen LogP contribution in [0.15, 0.2) is 18.3 Å². The van der Waals surface area contributed by atoms with E-state index in [9.17, 15) is 23.1 Å². The van der Waals surface area contributed by atoms with Gasteiger partial charge in [0, 0.05) is 31.2 Å². The van der Waals surface area contributed by atoms with E-state index in [-0.39, 0.29) is 22.6 Å². The van der Waals surface area contributed by atoms with Gasteiger partial charge >= 0.3 is 12.1 Å². The van der Waals surface area contributed by atoms with Crippen molar-refractivity contribution in [2.45, 2.75) is 32.0 Å². The van der Waals surface area contributed by atoms with Gasteiger partial charge in [-0.2, -0.15) is 17.5 Å². The molecule has 14 heteroatoms. The molecule has 1 saturated heterocycles. The third-order valence-corrected chi connectivity index (χ3v) is 6.41. The predicted molar refractivity (Wildman–Crippen MR) is 119 cm³/mol. The number of esters is 1. The van der Waals surface area contributed by atoms with E-state index in [4.69, 9.17) is 0 Å². The van der Waals surface area contributed by atoms with Gasteiger partial charge in [0.05, 0.1) is 11.8 Å². The lowest BCUT2D eigenvalue weighted by molar-refractivity contribution is -0.189. The molecule has 3 heterocycles. The molecule has 184 valence electrons. The van der Waals surface area contributed by atoms with Crippen LogP contribution in [0.1, 0.15) is 17.8 Å². The van der Waals surface area contributed by atoms with Crippen molar-refractivity contribution in [2.75, 3.05) is 24.5 Å². The molecule has 2 aliphatic rings. The maximum absolute atomic E-state index is 12.9. The van der Waals surface area contributed by atoms with Gasteiger partial charge in [0.15, 0.2) is 5.82 Å². The number of alkyl halides is 3. The number of rotatable bonds is 5. The molecule has 2 fully saturated rings. The normalized spacial score (nSPS) is 18.5. The highest BCUT2D eigenvalue weighted by atomic mass is 32.1. The molecular weight excluding hydrogens is 487 g/mol. The van der Waals surface area contributed by atoms with E-state index < -0.39 is 23.6 Å². The fraction of sp³-hybridized carbons (Fsp3) is 0.429. The number of nitrogens with zero attached hydrogens (tertiary/aromatic N) is 6. The van der Waals surface area contributed by atoms with Gasteiger partial charge in [0.25, 0.3) is 0 Å². The lowest BCUT2D eigenvalue weighted by Crippen LogP contribution is -2.52. The van der Waals surface area contributed by atoms with Gasteiger partial charge in [-0.1, -0.05) is 0 Å². The molecule has 2 aromatic heterocycles. The molecule has 10 nitrogen and oxygen atoms in total. The monoisotopic (exact) mass is 507 g/mol. The van der Waals surface area contributed by atoms with Crippen molar-refractivity contribution in [2.24, 2.45) is 5.92 Å². The minimum absolute atomic E-state index is 0.0564. The molecule has 1 saturated carbocycles. The molecule has 1 aliphatic heterocycles. The Morgan fingerprint density at radius 2 is 2.09 bits per heavy atom. The van der Waals surface area contributed by atoms with E-state index in [1.807, 2.05) is 4.90 Å². The first-order chi connectivity index (χ1) is 16.7. The van der Waals surface area contributed by atoms with Crippen molar-refractivity contribution in [1.29, 1.82) is 0 Å². The highest BCUT2D eigenvalue weighted by Gasteiger charge is 2.42. The van der Waals surface area contributed by atoms with Crippen LogP contribution in [0, 0.1) is 12.8 Å². The largest absolute Gasteiger partial charge is 0.507 e. The summed E-state index contributed by atoms with van der Waals surface area (Å²) >= 11 is 1.08. The molecule has 2 N–H and O–H groups in total. The minimum atomic E-state index is -5.24. The summed E-state index contributed by atoms with van der Waals surface area (Å²) in [5.74, 6) is -2.31. The first kappa shape index (κ1) is 23.4. The molecule has 3 aromatic rings. The number of hydrogen-bond acceptors (Lipinski definition) is 11. The molecule has 1 atom stereocenters. The van der Waals surface area contributed by atoms with Gasteiger partial charge in [-0.05, 0) is 49.3 Å². The third-order valence-electron chi connectivity index (χ3n) is 5.79. The number of aromatic nitrogens is 5. The Morgan fingerprint density at radius 3 is 2.71 bits per heavy atom. The van der Waals surface area contributed by atoms with E-state index in [0.29, 0.717) is 29.5 Å². The van der Waals surface area contributed by atoms with Crippen LogP contribution < -0.4 is 15.0 Å². The van der Waals surface area contributed by atoms with Gasteiger partial charge in [-0.3, -0.25) is 0 Å². The Hall–Kier alpha value is -3.39. The van der Waals surface area contributed by atoms with Crippen LogP contribution in [0.5, 0.6) is 11.5 Å². The number of ether oxygens (including phenoxy) is 1. The zero-order valence-electron chi connectivity index (χ0n) is 18.4. The van der Waals surface area contributed by atoms with Gasteiger partial charge in [-0.25, -0.2) is 14.8 Å². The summed E-state index contributed by atoms with van der Waals surface area (Å²) in [6.45, 7) is 3.88. The van der Waals surface area contributed by atoms with E-state index in [1.54, 1.807) is 6.92 Å². The van der Waals surface area contributed by atoms with Gasteiger partial charge in [0.1, 0.15) is 22.2 Å². The number of carbonyl (C=O) groups is 1. The van der Waals surface area contributed by atoms with E-state index in [0.717, 1.165) is 30.7 Å². The third kappa shape index (κ3) is 5.03. The van der Waals surface area contributed by atoms with Crippen LogP contribution in [0.4, 0.5) is 19.1 Å². The Labute approximate surface area is 201 Å². The number of phenolic OH excluding ortho intramolecular Hbond substituents is 1. The molecule has 0 unspecified atom stereocenters. The molecule has 0 bridgehead atoms. The summed E-state index contributed by atoms with van der Waals surface area (Å²) < 4.78 is 47.5. The Kier molecular flexibility index (Phi) is 6.01. The number of nitrogens with one attached hydrogen (secondary N) is 1. The predicted octanol–water partition coefficient (Wildman–Crippen LogP) is 2.73. The van der Waals surface area contributed by atoms with Crippen molar-refractivity contribution in [1.82, 2.24) is 29.9 Å². The number of aromatic hydroxyl groups is 1. The van der Waals surface area contributed by atoms with Crippen LogP contribution in [0.25, 0.3) is 22.6 Å². The average Bonchev–Trinajstić information content (AvgIpc) is 3.59. The summed E-state index contributed by atoms with van der Waals surface area (Å²) in [5.41, 5.74) is -0.134. The fourth-order valence-electron chi connectivity index (χ4n) is 3.94. The van der Waals surface area contributed by atoms with Crippen LogP contribution in [0.2, 0.25) is 0 Å². The number of aryl methyl sites for hydroxylation is 1. The van der Waals surface area contributed by atoms with Crippen molar-refractivity contribution in [3.63, 3.8) is 0 Å². The number of piperazine rings is 1. The standard InChI is InChI=1S/C21H20F3N7O3S/c1-10-27-18(30-35-10)12-6-15(32)17(16(7-12)34-19(33)21(22,23)24)13-8-26-20(29-28-13)31-5-4-25-14(9-31)11-2-3-11/h6-8,11,14,25,32H,2-5,9H2,1H3/t14-/m1/s1. The van der Waals surface area contributed by atoms with Crippen LogP contribution in [-0.2, 0) is 4.79 Å². The SMILES string of the molecule is Cc1nc(-c2cc(O)c(-c3cnc(N4CCN[C@@H](C5CC5)C4)nn3)c(OC(=O)C(F)(F)F)c2)ns1. The highest BCUT2D eigenvalue weighted by Crippen LogP contribution is 2.41. The second-order valence-electron chi connectivity index (χ2n) is 8.38. The van der Waals surface area contributed by atoms with Crippen molar-refractivity contribution < 1.29 is 27.8 Å². The number of phenols is 1. The molecule has 0 spiro atoms. The summed E-state index contributed by atoms with van der Waals surface area (Å²) in [7, 11) is 0. The van der Waals surface area contributed by atoms with Gasteiger partial charge < -0.3 is 20.1 Å². The second-order valence-corrected chi connectivity index (χ2v) is 9.34. The molecule has 1 aliphatic carbocycles. The van der Waals surface area contributed by atoms with E-state index in [1.165, 1.54) is 25.1 Å². The van der Waals surface area contributed by atoms with Crippen LogP contribution >= 0.6 is 11.5 Å². The first-order valence-corrected chi connectivity index (χ1v) is 11.6. The number of anilines is 1. The molecule has 35 heavy (non-hydrogen) atoms. The number of carbonyl (C=O) groups excluding carboxylic acids is 1. The molecule has 5 rings (SSSR count). The smallest absolute Gasteiger partial charge is 0.491 e. The van der Waals surface area contributed by atoms with Crippen LogP contribution in [0.3, 0.4) is 0 Å². The summed E-state index contributed by atoms with van der Waals surface area (Å²) in [5, 5.41) is 23.0. The molecule has 1 aromatic carbocycles. The van der Waals surface area contributed by atoms with Crippen molar-refractivity contribution >= 4 is 23.5 Å². The van der Waals surface area contributed by atoms with E-state index >= 15 is 0 Å². The topological polar surface area (TPSA) is 126 Å². The Bertz CT molecular complexity index is 1250. The summed E-state index contributed by atoms with van der Waals surface area (Å²) in [6, 6.07) is 2.75. The van der Waals surface area contributed by atoms with Gasteiger partial charge in [-0.15, -0.1) is 10.2 Å². The Balaban J connectivity index is 1.48.